The highest BCUT2D eigenvalue weighted by Crippen LogP contribution is 2.29. The van der Waals surface area contributed by atoms with Crippen LogP contribution in [0.4, 0.5) is 0 Å². The van der Waals surface area contributed by atoms with Crippen molar-refractivity contribution < 1.29 is 4.79 Å². The molecule has 12 heavy (non-hydrogen) atoms. The maximum Gasteiger partial charge on any atom is 0.238 e. The van der Waals surface area contributed by atoms with Gasteiger partial charge in [0.05, 0.1) is 6.04 Å². The van der Waals surface area contributed by atoms with Crippen LogP contribution in [0.25, 0.3) is 0 Å². The van der Waals surface area contributed by atoms with Crippen molar-refractivity contribution in [1.82, 2.24) is 10.6 Å². The molecule has 0 radical (unpaired) electrons. The van der Waals surface area contributed by atoms with Gasteiger partial charge in [-0.1, -0.05) is 6.92 Å². The van der Waals surface area contributed by atoms with Crippen LogP contribution in [0.2, 0.25) is 0 Å². The zero-order chi connectivity index (χ0) is 8.55. The van der Waals surface area contributed by atoms with Crippen molar-refractivity contribution >= 4 is 17.7 Å². The fourth-order valence-electron chi connectivity index (χ4n) is 1.37. The molecule has 2 N–H and O–H groups in total. The van der Waals surface area contributed by atoms with Gasteiger partial charge in [-0.3, -0.25) is 10.1 Å². The van der Waals surface area contributed by atoms with E-state index in [9.17, 15) is 4.79 Å². The van der Waals surface area contributed by atoms with Gasteiger partial charge >= 0.3 is 0 Å². The highest BCUT2D eigenvalue weighted by Gasteiger charge is 2.35. The third-order valence-electron chi connectivity index (χ3n) is 2.47. The first-order valence-electron chi connectivity index (χ1n) is 4.39. The molecular formula is C8H14N2OS. The zero-order valence-corrected chi connectivity index (χ0v) is 7.99. The number of carbonyl (C=O) groups is 1. The summed E-state index contributed by atoms with van der Waals surface area (Å²) in [6, 6.07) is 0.521. The van der Waals surface area contributed by atoms with Crippen molar-refractivity contribution in [3.05, 3.63) is 0 Å². The minimum absolute atomic E-state index is 0.0581. The van der Waals surface area contributed by atoms with Crippen LogP contribution in [0.3, 0.4) is 0 Å². The van der Waals surface area contributed by atoms with Crippen molar-refractivity contribution in [3.8, 4) is 0 Å². The number of carbonyl (C=O) groups excluding carboxylic acids is 1. The molecule has 2 rings (SSSR count). The third-order valence-corrected chi connectivity index (χ3v) is 3.41. The van der Waals surface area contributed by atoms with Gasteiger partial charge < -0.3 is 5.32 Å². The number of rotatable bonds is 2. The summed E-state index contributed by atoms with van der Waals surface area (Å²) >= 11 is 1.79. The Bertz CT molecular complexity index is 191. The first-order valence-corrected chi connectivity index (χ1v) is 5.54. The van der Waals surface area contributed by atoms with Gasteiger partial charge in [0.2, 0.25) is 5.91 Å². The van der Waals surface area contributed by atoms with E-state index in [4.69, 9.17) is 0 Å². The maximum absolute atomic E-state index is 11.5. The SMILES string of the molecule is CC1CC1NC(=O)C1CSCN1. The van der Waals surface area contributed by atoms with Crippen LogP contribution in [0.5, 0.6) is 0 Å². The summed E-state index contributed by atoms with van der Waals surface area (Å²) in [6.07, 6.45) is 1.16. The Balaban J connectivity index is 1.76. The number of amides is 1. The molecule has 3 nitrogen and oxygen atoms in total. The van der Waals surface area contributed by atoms with Crippen LogP contribution in [-0.4, -0.2) is 29.6 Å². The number of nitrogens with one attached hydrogen (secondary N) is 2. The lowest BCUT2D eigenvalue weighted by molar-refractivity contribution is -0.122. The topological polar surface area (TPSA) is 41.1 Å². The van der Waals surface area contributed by atoms with Gasteiger partial charge in [0, 0.05) is 17.7 Å². The summed E-state index contributed by atoms with van der Waals surface area (Å²) in [6.45, 7) is 2.17. The van der Waals surface area contributed by atoms with Crippen molar-refractivity contribution in [3.63, 3.8) is 0 Å². The Hall–Kier alpha value is -0.220. The lowest BCUT2D eigenvalue weighted by atomic mass is 10.3. The van der Waals surface area contributed by atoms with Crippen LogP contribution in [0.1, 0.15) is 13.3 Å². The Kier molecular flexibility index (Phi) is 2.28. The van der Waals surface area contributed by atoms with Crippen LogP contribution < -0.4 is 10.6 Å². The van der Waals surface area contributed by atoms with Gasteiger partial charge in [0.25, 0.3) is 0 Å². The van der Waals surface area contributed by atoms with E-state index in [0.29, 0.717) is 12.0 Å². The summed E-state index contributed by atoms with van der Waals surface area (Å²) in [5.74, 6) is 2.72. The molecule has 0 spiro atoms. The molecule has 1 amide bonds. The van der Waals surface area contributed by atoms with Crippen molar-refractivity contribution in [2.45, 2.75) is 25.4 Å². The highest BCUT2D eigenvalue weighted by atomic mass is 32.2. The average molecular weight is 186 g/mol. The quantitative estimate of drug-likeness (QED) is 0.646. The number of hydrogen-bond acceptors (Lipinski definition) is 3. The molecule has 2 aliphatic rings. The number of thioether (sulfide) groups is 1. The summed E-state index contributed by atoms with van der Waals surface area (Å²) in [4.78, 5) is 11.5. The van der Waals surface area contributed by atoms with E-state index < -0.39 is 0 Å². The maximum atomic E-state index is 11.5. The first kappa shape index (κ1) is 8.38. The fraction of sp³-hybridized carbons (Fsp3) is 0.875. The molecule has 1 aliphatic carbocycles. The predicted molar refractivity (Wildman–Crippen MR) is 50.0 cm³/mol. The molecule has 68 valence electrons. The standard InChI is InChI=1S/C8H14N2OS/c1-5-2-6(5)10-8(11)7-3-12-4-9-7/h5-7,9H,2-4H2,1H3,(H,10,11). The van der Waals surface area contributed by atoms with Crippen molar-refractivity contribution in [2.75, 3.05) is 11.6 Å². The second-order valence-electron chi connectivity index (χ2n) is 3.60. The van der Waals surface area contributed by atoms with Gasteiger partial charge in [-0.15, -0.1) is 11.8 Å². The Morgan fingerprint density at radius 1 is 1.67 bits per heavy atom. The van der Waals surface area contributed by atoms with Crippen LogP contribution in [0, 0.1) is 5.92 Å². The molecule has 1 saturated carbocycles. The van der Waals surface area contributed by atoms with E-state index in [1.807, 2.05) is 0 Å². The lowest BCUT2D eigenvalue weighted by Crippen LogP contribution is -2.43. The third kappa shape index (κ3) is 1.75. The Labute approximate surface area is 76.7 Å². The monoisotopic (exact) mass is 186 g/mol. The second-order valence-corrected chi connectivity index (χ2v) is 4.63. The minimum Gasteiger partial charge on any atom is -0.352 e. The van der Waals surface area contributed by atoms with Crippen molar-refractivity contribution in [2.24, 2.45) is 5.92 Å². The molecule has 1 saturated heterocycles. The van der Waals surface area contributed by atoms with Crippen LogP contribution >= 0.6 is 11.8 Å². The smallest absolute Gasteiger partial charge is 0.238 e. The van der Waals surface area contributed by atoms with E-state index in [0.717, 1.165) is 18.1 Å². The van der Waals surface area contributed by atoms with E-state index in [-0.39, 0.29) is 11.9 Å². The van der Waals surface area contributed by atoms with Crippen LogP contribution in [0.15, 0.2) is 0 Å². The summed E-state index contributed by atoms with van der Waals surface area (Å²) < 4.78 is 0. The van der Waals surface area contributed by atoms with Gasteiger partial charge in [0.15, 0.2) is 0 Å². The minimum atomic E-state index is 0.0581. The van der Waals surface area contributed by atoms with E-state index in [1.165, 1.54) is 0 Å². The molecule has 1 aliphatic heterocycles. The predicted octanol–water partition coefficient (Wildman–Crippen LogP) is 0.173. The van der Waals surface area contributed by atoms with E-state index in [1.54, 1.807) is 11.8 Å². The van der Waals surface area contributed by atoms with Crippen molar-refractivity contribution in [1.29, 1.82) is 0 Å². The first-order chi connectivity index (χ1) is 5.77. The second kappa shape index (κ2) is 3.26. The lowest BCUT2D eigenvalue weighted by Gasteiger charge is -2.09. The Morgan fingerprint density at radius 2 is 2.42 bits per heavy atom. The highest BCUT2D eigenvalue weighted by molar-refractivity contribution is 7.99. The number of hydrogen-bond donors (Lipinski definition) is 2. The molecule has 0 aromatic rings. The molecule has 0 aromatic carbocycles. The van der Waals surface area contributed by atoms with Gasteiger partial charge in [-0.25, -0.2) is 0 Å². The molecule has 0 bridgehead atoms. The zero-order valence-electron chi connectivity index (χ0n) is 7.17. The molecule has 3 unspecified atom stereocenters. The van der Waals surface area contributed by atoms with Gasteiger partial charge in [0.1, 0.15) is 0 Å². The summed E-state index contributed by atoms with van der Waals surface area (Å²) in [7, 11) is 0. The molecule has 1 heterocycles. The molecule has 0 aromatic heterocycles. The summed E-state index contributed by atoms with van der Waals surface area (Å²) in [5.41, 5.74) is 0. The largest absolute Gasteiger partial charge is 0.352 e. The van der Waals surface area contributed by atoms with Crippen LogP contribution in [-0.2, 0) is 4.79 Å². The van der Waals surface area contributed by atoms with Gasteiger partial charge in [-0.05, 0) is 12.3 Å². The molecule has 3 atom stereocenters. The van der Waals surface area contributed by atoms with E-state index in [2.05, 4.69) is 17.6 Å². The average Bonchev–Trinajstić information content (AvgIpc) is 2.58. The Morgan fingerprint density at radius 3 is 2.92 bits per heavy atom. The van der Waals surface area contributed by atoms with E-state index >= 15 is 0 Å². The summed E-state index contributed by atoms with van der Waals surface area (Å²) in [5, 5.41) is 6.19. The van der Waals surface area contributed by atoms with Gasteiger partial charge in [-0.2, -0.15) is 0 Å². The normalized spacial score (nSPS) is 39.6. The fourth-order valence-corrected chi connectivity index (χ4v) is 2.31. The molecular weight excluding hydrogens is 172 g/mol. The molecule has 2 fully saturated rings. The molecule has 4 heteroatoms.